The van der Waals surface area contributed by atoms with Crippen molar-refractivity contribution in [1.29, 1.82) is 5.41 Å². The van der Waals surface area contributed by atoms with E-state index in [1.807, 2.05) is 20.8 Å². The third-order valence-electron chi connectivity index (χ3n) is 7.05. The fourth-order valence-corrected chi connectivity index (χ4v) is 4.44. The quantitative estimate of drug-likeness (QED) is 0.263. The largest absolute Gasteiger partial charge is 0.450 e. The van der Waals surface area contributed by atoms with Crippen LogP contribution in [0.2, 0.25) is 0 Å². The maximum atomic E-state index is 13.4. The third-order valence-corrected chi connectivity index (χ3v) is 7.05. The summed E-state index contributed by atoms with van der Waals surface area (Å²) >= 11 is 0. The number of hydrogen-bond acceptors (Lipinski definition) is 6. The number of alkyl carbamates (subject to hydrolysis) is 1. The Labute approximate surface area is 203 Å². The van der Waals surface area contributed by atoms with E-state index in [-0.39, 0.29) is 36.8 Å². The first kappa shape index (κ1) is 27.9. The van der Waals surface area contributed by atoms with Gasteiger partial charge in [0.2, 0.25) is 11.8 Å². The molecule has 2 rings (SSSR count). The number of nitrogens with one attached hydrogen (secondary N) is 3. The van der Waals surface area contributed by atoms with Gasteiger partial charge in [-0.15, -0.1) is 0 Å². The average molecular weight is 482 g/mol. The maximum absolute atomic E-state index is 13.4. The van der Waals surface area contributed by atoms with Crippen LogP contribution in [0.5, 0.6) is 0 Å². The van der Waals surface area contributed by atoms with E-state index in [2.05, 4.69) is 10.6 Å². The second-order valence-electron chi connectivity index (χ2n) is 9.95. The van der Waals surface area contributed by atoms with E-state index >= 15 is 0 Å². The van der Waals surface area contributed by atoms with Crippen LogP contribution in [0.4, 0.5) is 4.79 Å². The lowest BCUT2D eigenvalue weighted by Gasteiger charge is -2.32. The van der Waals surface area contributed by atoms with Crippen molar-refractivity contribution in [2.45, 2.75) is 90.3 Å². The molecule has 10 nitrogen and oxygen atoms in total. The summed E-state index contributed by atoms with van der Waals surface area (Å²) in [7, 11) is 0. The lowest BCUT2D eigenvalue weighted by molar-refractivity contribution is -0.142. The lowest BCUT2D eigenvalue weighted by Crippen LogP contribution is -2.55. The van der Waals surface area contributed by atoms with Gasteiger partial charge in [-0.1, -0.05) is 6.92 Å². The molecule has 5 N–H and O–H groups in total. The van der Waals surface area contributed by atoms with Crippen molar-refractivity contribution >= 4 is 23.7 Å². The second-order valence-corrected chi connectivity index (χ2v) is 9.95. The number of nitrogens with zero attached hydrogens (tertiary/aromatic N) is 1. The fourth-order valence-electron chi connectivity index (χ4n) is 4.44. The van der Waals surface area contributed by atoms with Crippen LogP contribution in [-0.4, -0.2) is 72.6 Å². The summed E-state index contributed by atoms with van der Waals surface area (Å²) in [4.78, 5) is 40.0. The van der Waals surface area contributed by atoms with Gasteiger partial charge < -0.3 is 30.7 Å². The SMILES string of the molecule is CCOC(=O)N[C@H](COC(C)(C)CC)C(=O)N1CCC[C@H]1C(=O)NCC1CCC(C(=N)N)CC1. The molecule has 1 aliphatic carbocycles. The Balaban J connectivity index is 1.96. The Kier molecular flexibility index (Phi) is 10.6. The molecule has 1 aliphatic heterocycles. The van der Waals surface area contributed by atoms with Gasteiger partial charge in [-0.2, -0.15) is 0 Å². The van der Waals surface area contributed by atoms with Crippen LogP contribution >= 0.6 is 0 Å². The predicted molar refractivity (Wildman–Crippen MR) is 129 cm³/mol. The number of carbonyl (C=O) groups excluding carboxylic acids is 3. The Hall–Kier alpha value is -2.36. The van der Waals surface area contributed by atoms with Gasteiger partial charge in [0.25, 0.3) is 0 Å². The average Bonchev–Trinajstić information content (AvgIpc) is 3.30. The van der Waals surface area contributed by atoms with Crippen molar-refractivity contribution in [3.8, 4) is 0 Å². The van der Waals surface area contributed by atoms with Gasteiger partial charge in [0, 0.05) is 19.0 Å². The topological polar surface area (TPSA) is 147 Å². The molecule has 0 radical (unpaired) electrons. The minimum Gasteiger partial charge on any atom is -0.450 e. The maximum Gasteiger partial charge on any atom is 0.407 e. The van der Waals surface area contributed by atoms with Gasteiger partial charge in [-0.3, -0.25) is 15.0 Å². The molecule has 2 atom stereocenters. The highest BCUT2D eigenvalue weighted by Crippen LogP contribution is 2.28. The number of hydrogen-bond donors (Lipinski definition) is 4. The van der Waals surface area contributed by atoms with Gasteiger partial charge in [-0.05, 0) is 71.6 Å². The summed E-state index contributed by atoms with van der Waals surface area (Å²) < 4.78 is 10.9. The summed E-state index contributed by atoms with van der Waals surface area (Å²) in [5.41, 5.74) is 5.17. The molecule has 1 saturated heterocycles. The van der Waals surface area contributed by atoms with Crippen LogP contribution in [-0.2, 0) is 19.1 Å². The van der Waals surface area contributed by atoms with Crippen molar-refractivity contribution in [2.75, 3.05) is 26.3 Å². The van der Waals surface area contributed by atoms with Crippen molar-refractivity contribution in [3.05, 3.63) is 0 Å². The lowest BCUT2D eigenvalue weighted by atomic mass is 9.81. The van der Waals surface area contributed by atoms with Crippen LogP contribution in [0.3, 0.4) is 0 Å². The monoisotopic (exact) mass is 481 g/mol. The first-order valence-corrected chi connectivity index (χ1v) is 12.6. The highest BCUT2D eigenvalue weighted by atomic mass is 16.5. The summed E-state index contributed by atoms with van der Waals surface area (Å²) in [5.74, 6) is 0.260. The van der Waals surface area contributed by atoms with E-state index in [1.54, 1.807) is 11.8 Å². The van der Waals surface area contributed by atoms with Crippen LogP contribution < -0.4 is 16.4 Å². The zero-order chi connectivity index (χ0) is 25.3. The molecule has 2 aliphatic rings. The van der Waals surface area contributed by atoms with Crippen LogP contribution in [0.1, 0.15) is 72.6 Å². The zero-order valence-corrected chi connectivity index (χ0v) is 21.2. The number of amides is 3. The molecule has 3 amide bonds. The van der Waals surface area contributed by atoms with E-state index in [4.69, 9.17) is 20.6 Å². The summed E-state index contributed by atoms with van der Waals surface area (Å²) in [6.45, 7) is 8.74. The molecule has 0 bridgehead atoms. The predicted octanol–water partition coefficient (Wildman–Crippen LogP) is 2.16. The molecule has 0 unspecified atom stereocenters. The third kappa shape index (κ3) is 8.14. The van der Waals surface area contributed by atoms with Gasteiger partial charge >= 0.3 is 6.09 Å². The van der Waals surface area contributed by atoms with Crippen LogP contribution in [0.15, 0.2) is 0 Å². The van der Waals surface area contributed by atoms with E-state index in [1.165, 1.54) is 0 Å². The Morgan fingerprint density at radius 3 is 2.41 bits per heavy atom. The van der Waals surface area contributed by atoms with Crippen molar-refractivity contribution in [3.63, 3.8) is 0 Å². The number of nitrogens with two attached hydrogens (primary N) is 1. The smallest absolute Gasteiger partial charge is 0.407 e. The molecule has 34 heavy (non-hydrogen) atoms. The molecule has 10 heteroatoms. The van der Waals surface area contributed by atoms with Crippen LogP contribution in [0, 0.1) is 17.2 Å². The molecule has 0 aromatic carbocycles. The molecule has 0 aromatic heterocycles. The summed E-state index contributed by atoms with van der Waals surface area (Å²) in [6.07, 6.45) is 4.97. The number of ether oxygens (including phenoxy) is 2. The van der Waals surface area contributed by atoms with Gasteiger partial charge in [-0.25, -0.2) is 4.79 Å². The minimum absolute atomic E-state index is 0.00269. The van der Waals surface area contributed by atoms with Crippen molar-refractivity contribution in [1.82, 2.24) is 15.5 Å². The molecular weight excluding hydrogens is 438 g/mol. The van der Waals surface area contributed by atoms with E-state index in [9.17, 15) is 14.4 Å². The normalized spacial score (nSPS) is 23.8. The van der Waals surface area contributed by atoms with Crippen LogP contribution in [0.25, 0.3) is 0 Å². The van der Waals surface area contributed by atoms with E-state index in [0.717, 1.165) is 38.5 Å². The number of amidine groups is 1. The summed E-state index contributed by atoms with van der Waals surface area (Å²) in [6, 6.07) is -1.49. The van der Waals surface area contributed by atoms with E-state index < -0.39 is 23.8 Å². The molecule has 0 spiro atoms. The summed E-state index contributed by atoms with van der Waals surface area (Å²) in [5, 5.41) is 13.2. The molecule has 0 aromatic rings. The molecule has 2 fully saturated rings. The molecular formula is C24H43N5O5. The van der Waals surface area contributed by atoms with Crippen molar-refractivity contribution < 1.29 is 23.9 Å². The molecule has 1 saturated carbocycles. The highest BCUT2D eigenvalue weighted by Gasteiger charge is 2.38. The highest BCUT2D eigenvalue weighted by molar-refractivity contribution is 5.92. The Bertz CT molecular complexity index is 721. The first-order chi connectivity index (χ1) is 16.1. The van der Waals surface area contributed by atoms with Gasteiger partial charge in [0.05, 0.1) is 24.7 Å². The molecule has 194 valence electrons. The number of rotatable bonds is 11. The van der Waals surface area contributed by atoms with Gasteiger partial charge in [0.15, 0.2) is 0 Å². The first-order valence-electron chi connectivity index (χ1n) is 12.6. The second kappa shape index (κ2) is 12.9. The minimum atomic E-state index is -0.930. The molecule has 1 heterocycles. The number of carbonyl (C=O) groups is 3. The Morgan fingerprint density at radius 2 is 1.82 bits per heavy atom. The van der Waals surface area contributed by atoms with E-state index in [0.29, 0.717) is 25.4 Å². The zero-order valence-electron chi connectivity index (χ0n) is 21.2. The number of likely N-dealkylation sites (tertiary alicyclic amines) is 1. The fraction of sp³-hybridized carbons (Fsp3) is 0.833. The Morgan fingerprint density at radius 1 is 1.15 bits per heavy atom. The standard InChI is InChI=1S/C24H43N5O5/c1-5-24(3,4)34-15-18(28-23(32)33-6-2)22(31)29-13-7-8-19(29)21(30)27-14-16-9-11-17(12-10-16)20(25)26/h16-19H,5-15H2,1-4H3,(H3,25,26)(H,27,30)(H,28,32)/t16?,17?,18-,19+/m1/s1. The van der Waals surface area contributed by atoms with Gasteiger partial charge in [0.1, 0.15) is 12.1 Å². The van der Waals surface area contributed by atoms with Crippen molar-refractivity contribution in [2.24, 2.45) is 17.6 Å².